The van der Waals surface area contributed by atoms with Crippen LogP contribution in [0.15, 0.2) is 0 Å². The van der Waals surface area contributed by atoms with E-state index in [2.05, 4.69) is 28.9 Å². The molecule has 2 rings (SSSR count). The fraction of sp³-hybridized carbons (Fsp3) is 0.941. The van der Waals surface area contributed by atoms with E-state index in [1.807, 2.05) is 25.7 Å². The minimum atomic E-state index is -0.407. The topological polar surface area (TPSA) is 44.8 Å². The van der Waals surface area contributed by atoms with Gasteiger partial charge in [-0.3, -0.25) is 4.90 Å². The van der Waals surface area contributed by atoms with Crippen LogP contribution < -0.4 is 5.32 Å². The number of nitrogens with zero attached hydrogens (tertiary/aromatic N) is 2. The van der Waals surface area contributed by atoms with Crippen molar-refractivity contribution in [1.29, 1.82) is 0 Å². The largest absolute Gasteiger partial charge is 0.444 e. The summed E-state index contributed by atoms with van der Waals surface area (Å²) in [5, 5.41) is 4.45. The van der Waals surface area contributed by atoms with Gasteiger partial charge in [0.15, 0.2) is 0 Å². The molecule has 2 unspecified atom stereocenters. The summed E-state index contributed by atoms with van der Waals surface area (Å²) in [5.74, 6) is 1.30. The average molecular weight is 344 g/mol. The first-order valence-electron chi connectivity index (χ1n) is 8.90. The summed E-state index contributed by atoms with van der Waals surface area (Å²) in [5.41, 5.74) is -0.407. The summed E-state index contributed by atoms with van der Waals surface area (Å²) in [4.78, 5) is 16.3. The smallest absolute Gasteiger partial charge is 0.410 e. The number of amides is 1. The number of hydrogen-bond donors (Lipinski definition) is 1. The zero-order valence-electron chi connectivity index (χ0n) is 15.1. The van der Waals surface area contributed by atoms with E-state index in [1.54, 1.807) is 0 Å². The van der Waals surface area contributed by atoms with E-state index in [0.29, 0.717) is 6.04 Å². The number of carbonyl (C=O) groups is 1. The Bertz CT molecular complexity index is 379. The number of rotatable bonds is 5. The zero-order chi connectivity index (χ0) is 16.9. The second-order valence-electron chi connectivity index (χ2n) is 7.59. The highest BCUT2D eigenvalue weighted by atomic mass is 32.2. The molecule has 1 amide bonds. The summed E-state index contributed by atoms with van der Waals surface area (Å²) < 4.78 is 5.43. The number of carbonyl (C=O) groups excluding carboxylic acids is 1. The molecule has 2 aliphatic heterocycles. The van der Waals surface area contributed by atoms with Crippen molar-refractivity contribution in [3.05, 3.63) is 0 Å². The molecule has 2 fully saturated rings. The molecule has 2 aliphatic rings. The first-order valence-corrected chi connectivity index (χ1v) is 9.95. The first kappa shape index (κ1) is 18.9. The highest BCUT2D eigenvalue weighted by molar-refractivity contribution is 8.00. The molecule has 2 heterocycles. The number of thioether (sulfide) groups is 1. The first-order chi connectivity index (χ1) is 10.8. The molecule has 134 valence electrons. The van der Waals surface area contributed by atoms with Crippen molar-refractivity contribution >= 4 is 17.9 Å². The second-order valence-corrected chi connectivity index (χ2v) is 9.07. The lowest BCUT2D eigenvalue weighted by Gasteiger charge is -2.35. The van der Waals surface area contributed by atoms with Crippen molar-refractivity contribution in [3.63, 3.8) is 0 Å². The molecule has 0 aliphatic carbocycles. The third kappa shape index (κ3) is 6.51. The van der Waals surface area contributed by atoms with Gasteiger partial charge in [0.25, 0.3) is 0 Å². The van der Waals surface area contributed by atoms with E-state index in [-0.39, 0.29) is 6.09 Å². The Morgan fingerprint density at radius 2 is 1.96 bits per heavy atom. The molecule has 0 bridgehead atoms. The number of nitrogens with one attached hydrogen (secondary N) is 1. The Kier molecular flexibility index (Phi) is 7.04. The van der Waals surface area contributed by atoms with Gasteiger partial charge in [-0.1, -0.05) is 6.92 Å². The van der Waals surface area contributed by atoms with Crippen LogP contribution in [0.2, 0.25) is 0 Å². The molecular weight excluding hydrogens is 310 g/mol. The molecule has 1 N–H and O–H groups in total. The molecular formula is C17H33N3O2S. The summed E-state index contributed by atoms with van der Waals surface area (Å²) in [6.45, 7) is 13.7. The van der Waals surface area contributed by atoms with Crippen molar-refractivity contribution in [2.24, 2.45) is 0 Å². The van der Waals surface area contributed by atoms with Crippen LogP contribution in [0.1, 0.15) is 40.5 Å². The molecule has 0 aromatic carbocycles. The molecule has 0 spiro atoms. The van der Waals surface area contributed by atoms with Gasteiger partial charge in [0.2, 0.25) is 0 Å². The average Bonchev–Trinajstić information content (AvgIpc) is 2.88. The fourth-order valence-electron chi connectivity index (χ4n) is 3.07. The molecule has 0 saturated carbocycles. The van der Waals surface area contributed by atoms with Gasteiger partial charge in [0.05, 0.1) is 0 Å². The van der Waals surface area contributed by atoms with Crippen LogP contribution in [0.4, 0.5) is 4.79 Å². The van der Waals surface area contributed by atoms with Crippen LogP contribution >= 0.6 is 11.8 Å². The SMILES string of the molecule is CC1SCCC1NCCCN1CCN(C(=O)OC(C)(C)C)CC1. The zero-order valence-corrected chi connectivity index (χ0v) is 16.0. The predicted octanol–water partition coefficient (Wildman–Crippen LogP) is 2.41. The van der Waals surface area contributed by atoms with E-state index in [4.69, 9.17) is 4.74 Å². The summed E-state index contributed by atoms with van der Waals surface area (Å²) in [7, 11) is 0. The van der Waals surface area contributed by atoms with Crippen molar-refractivity contribution in [2.45, 2.75) is 57.4 Å². The van der Waals surface area contributed by atoms with E-state index >= 15 is 0 Å². The summed E-state index contributed by atoms with van der Waals surface area (Å²) >= 11 is 2.08. The van der Waals surface area contributed by atoms with E-state index in [1.165, 1.54) is 18.6 Å². The van der Waals surface area contributed by atoms with Gasteiger partial charge in [-0.05, 0) is 52.5 Å². The number of hydrogen-bond acceptors (Lipinski definition) is 5. The van der Waals surface area contributed by atoms with Gasteiger partial charge >= 0.3 is 6.09 Å². The maximum absolute atomic E-state index is 12.0. The van der Waals surface area contributed by atoms with Gasteiger partial charge in [0, 0.05) is 37.5 Å². The molecule has 6 heteroatoms. The van der Waals surface area contributed by atoms with Crippen LogP contribution in [0.5, 0.6) is 0 Å². The summed E-state index contributed by atoms with van der Waals surface area (Å²) in [6, 6.07) is 0.698. The van der Waals surface area contributed by atoms with Crippen LogP contribution in [0.25, 0.3) is 0 Å². The lowest BCUT2D eigenvalue weighted by molar-refractivity contribution is 0.0144. The standard InChI is InChI=1S/C17H33N3O2S/c1-14-15(6-13-23-14)18-7-5-8-19-9-11-20(12-10-19)16(21)22-17(2,3)4/h14-15,18H,5-13H2,1-4H3. The minimum Gasteiger partial charge on any atom is -0.444 e. The molecule has 23 heavy (non-hydrogen) atoms. The lowest BCUT2D eigenvalue weighted by Crippen LogP contribution is -2.50. The second kappa shape index (κ2) is 8.58. The lowest BCUT2D eigenvalue weighted by atomic mass is 10.1. The quantitative estimate of drug-likeness (QED) is 0.777. The highest BCUT2D eigenvalue weighted by Gasteiger charge is 2.26. The number of ether oxygens (including phenoxy) is 1. The van der Waals surface area contributed by atoms with Crippen LogP contribution in [-0.4, -0.2) is 77.8 Å². The monoisotopic (exact) mass is 343 g/mol. The van der Waals surface area contributed by atoms with Crippen molar-refractivity contribution in [1.82, 2.24) is 15.1 Å². The number of piperazine rings is 1. The molecule has 0 aromatic rings. The van der Waals surface area contributed by atoms with E-state index in [0.717, 1.165) is 44.5 Å². The Hall–Kier alpha value is -0.460. The molecule has 0 aromatic heterocycles. The predicted molar refractivity (Wildman–Crippen MR) is 97.2 cm³/mol. The van der Waals surface area contributed by atoms with Gasteiger partial charge < -0.3 is 15.0 Å². The van der Waals surface area contributed by atoms with Crippen LogP contribution in [-0.2, 0) is 4.74 Å². The van der Waals surface area contributed by atoms with Crippen molar-refractivity contribution in [2.75, 3.05) is 45.0 Å². The van der Waals surface area contributed by atoms with Gasteiger partial charge in [0.1, 0.15) is 5.60 Å². The van der Waals surface area contributed by atoms with Crippen LogP contribution in [0, 0.1) is 0 Å². The van der Waals surface area contributed by atoms with E-state index < -0.39 is 5.60 Å². The van der Waals surface area contributed by atoms with Crippen molar-refractivity contribution < 1.29 is 9.53 Å². The Balaban J connectivity index is 1.57. The highest BCUT2D eigenvalue weighted by Crippen LogP contribution is 2.25. The third-order valence-corrected chi connectivity index (χ3v) is 5.78. The van der Waals surface area contributed by atoms with Gasteiger partial charge in [-0.25, -0.2) is 4.79 Å². The van der Waals surface area contributed by atoms with Gasteiger partial charge in [-0.15, -0.1) is 0 Å². The Morgan fingerprint density at radius 1 is 1.26 bits per heavy atom. The van der Waals surface area contributed by atoms with E-state index in [9.17, 15) is 4.79 Å². The molecule has 0 radical (unpaired) electrons. The van der Waals surface area contributed by atoms with Gasteiger partial charge in [-0.2, -0.15) is 11.8 Å². The minimum absolute atomic E-state index is 0.175. The Morgan fingerprint density at radius 3 is 2.52 bits per heavy atom. The molecule has 2 atom stereocenters. The fourth-order valence-corrected chi connectivity index (χ4v) is 4.30. The normalized spacial score (nSPS) is 26.5. The van der Waals surface area contributed by atoms with Crippen molar-refractivity contribution in [3.8, 4) is 0 Å². The maximum atomic E-state index is 12.0. The molecule has 5 nitrogen and oxygen atoms in total. The maximum Gasteiger partial charge on any atom is 0.410 e. The molecule has 2 saturated heterocycles. The van der Waals surface area contributed by atoms with Crippen LogP contribution in [0.3, 0.4) is 0 Å². The summed E-state index contributed by atoms with van der Waals surface area (Å²) in [6.07, 6.45) is 2.31. The third-order valence-electron chi connectivity index (χ3n) is 4.46. The Labute approximate surface area is 145 Å².